The molecule has 90 valence electrons. The Labute approximate surface area is 103 Å². The molecule has 2 aromatic rings. The van der Waals surface area contributed by atoms with Gasteiger partial charge < -0.3 is 4.57 Å². The zero-order valence-electron chi connectivity index (χ0n) is 8.68. The highest BCUT2D eigenvalue weighted by Crippen LogP contribution is 2.35. The van der Waals surface area contributed by atoms with Gasteiger partial charge in [-0.25, -0.2) is 0 Å². The predicted octanol–water partition coefficient (Wildman–Crippen LogP) is 3.32. The number of rotatable bonds is 0. The van der Waals surface area contributed by atoms with Gasteiger partial charge in [0.25, 0.3) is 5.56 Å². The fraction of sp³-hybridized carbons (Fsp3) is 0.182. The van der Waals surface area contributed by atoms with E-state index < -0.39 is 17.3 Å². The van der Waals surface area contributed by atoms with Gasteiger partial charge in [-0.15, -0.1) is 0 Å². The van der Waals surface area contributed by atoms with E-state index in [0.717, 1.165) is 10.6 Å². The molecule has 0 amide bonds. The molecule has 0 atom stereocenters. The first-order valence-corrected chi connectivity index (χ1v) is 5.46. The van der Waals surface area contributed by atoms with Gasteiger partial charge in [-0.05, 0) is 23.6 Å². The molecule has 0 N–H and O–H groups in total. The highest BCUT2D eigenvalue weighted by Gasteiger charge is 2.34. The van der Waals surface area contributed by atoms with Crippen LogP contribution in [0, 0.1) is 0 Å². The number of nitrogens with zero attached hydrogens (tertiary/aromatic N) is 1. The average Bonchev–Trinajstić information content (AvgIpc) is 2.21. The summed E-state index contributed by atoms with van der Waals surface area (Å²) in [6.07, 6.45) is -3.10. The second kappa shape index (κ2) is 3.87. The highest BCUT2D eigenvalue weighted by atomic mass is 79.9. The lowest BCUT2D eigenvalue weighted by Crippen LogP contribution is -2.19. The summed E-state index contributed by atoms with van der Waals surface area (Å²) >= 11 is 3.01. The maximum absolute atomic E-state index is 12.8. The van der Waals surface area contributed by atoms with Crippen molar-refractivity contribution in [3.05, 3.63) is 44.8 Å². The van der Waals surface area contributed by atoms with Crippen LogP contribution in [0.5, 0.6) is 0 Å². The number of alkyl halides is 3. The van der Waals surface area contributed by atoms with E-state index in [0.29, 0.717) is 4.47 Å². The molecule has 17 heavy (non-hydrogen) atoms. The second-order valence-electron chi connectivity index (χ2n) is 3.65. The SMILES string of the molecule is Cn1ccc2cc(Br)cc(C(F)(F)F)c2c1=O. The van der Waals surface area contributed by atoms with E-state index in [1.165, 1.54) is 25.4 Å². The van der Waals surface area contributed by atoms with E-state index in [2.05, 4.69) is 15.9 Å². The minimum atomic E-state index is -4.55. The van der Waals surface area contributed by atoms with Gasteiger partial charge in [-0.1, -0.05) is 15.9 Å². The number of aromatic nitrogens is 1. The van der Waals surface area contributed by atoms with Crippen molar-refractivity contribution in [1.29, 1.82) is 0 Å². The minimum absolute atomic E-state index is 0.273. The highest BCUT2D eigenvalue weighted by molar-refractivity contribution is 9.10. The van der Waals surface area contributed by atoms with Crippen molar-refractivity contribution in [2.24, 2.45) is 7.05 Å². The van der Waals surface area contributed by atoms with Crippen LogP contribution in [-0.4, -0.2) is 4.57 Å². The van der Waals surface area contributed by atoms with Crippen molar-refractivity contribution in [3.8, 4) is 0 Å². The van der Waals surface area contributed by atoms with Gasteiger partial charge in [0.05, 0.1) is 10.9 Å². The van der Waals surface area contributed by atoms with Crippen LogP contribution in [0.3, 0.4) is 0 Å². The van der Waals surface area contributed by atoms with Crippen LogP contribution in [0.4, 0.5) is 13.2 Å². The number of fused-ring (bicyclic) bond motifs is 1. The van der Waals surface area contributed by atoms with Crippen LogP contribution in [0.2, 0.25) is 0 Å². The Morgan fingerprint density at radius 2 is 1.94 bits per heavy atom. The van der Waals surface area contributed by atoms with Crippen LogP contribution in [0.25, 0.3) is 10.8 Å². The van der Waals surface area contributed by atoms with Crippen molar-refractivity contribution in [3.63, 3.8) is 0 Å². The topological polar surface area (TPSA) is 22.0 Å². The van der Waals surface area contributed by atoms with Crippen LogP contribution in [0.15, 0.2) is 33.7 Å². The molecule has 1 aromatic carbocycles. The molecule has 2 nitrogen and oxygen atoms in total. The molecule has 0 saturated carbocycles. The molecule has 0 fully saturated rings. The summed E-state index contributed by atoms with van der Waals surface area (Å²) in [7, 11) is 1.42. The van der Waals surface area contributed by atoms with Gasteiger partial charge in [0, 0.05) is 17.7 Å². The second-order valence-corrected chi connectivity index (χ2v) is 4.56. The van der Waals surface area contributed by atoms with Crippen molar-refractivity contribution < 1.29 is 13.2 Å². The largest absolute Gasteiger partial charge is 0.417 e. The third-order valence-electron chi connectivity index (χ3n) is 2.45. The first-order chi connectivity index (χ1) is 7.80. The normalized spacial score (nSPS) is 12.1. The predicted molar refractivity (Wildman–Crippen MR) is 61.9 cm³/mol. The molecule has 1 aromatic heterocycles. The van der Waals surface area contributed by atoms with Crippen LogP contribution >= 0.6 is 15.9 Å². The third kappa shape index (κ3) is 2.09. The lowest BCUT2D eigenvalue weighted by molar-refractivity contribution is -0.136. The Morgan fingerprint density at radius 1 is 1.29 bits per heavy atom. The molecule has 6 heteroatoms. The molecule has 2 rings (SSSR count). The number of halogens is 4. The van der Waals surface area contributed by atoms with Crippen molar-refractivity contribution in [1.82, 2.24) is 4.57 Å². The Kier molecular flexibility index (Phi) is 2.77. The summed E-state index contributed by atoms with van der Waals surface area (Å²) in [6.45, 7) is 0. The third-order valence-corrected chi connectivity index (χ3v) is 2.91. The quantitative estimate of drug-likeness (QED) is 0.732. The fourth-order valence-corrected chi connectivity index (χ4v) is 2.13. The summed E-state index contributed by atoms with van der Waals surface area (Å²) < 4.78 is 39.9. The summed E-state index contributed by atoms with van der Waals surface area (Å²) in [5.74, 6) is 0. The van der Waals surface area contributed by atoms with Gasteiger partial charge in [-0.3, -0.25) is 4.79 Å². The smallest absolute Gasteiger partial charge is 0.318 e. The maximum Gasteiger partial charge on any atom is 0.417 e. The fourth-order valence-electron chi connectivity index (χ4n) is 1.66. The summed E-state index contributed by atoms with van der Waals surface area (Å²) in [6, 6.07) is 3.90. The number of aryl methyl sites for hydroxylation is 1. The van der Waals surface area contributed by atoms with Gasteiger partial charge in [0.15, 0.2) is 0 Å². The molecule has 0 aliphatic carbocycles. The lowest BCUT2D eigenvalue weighted by atomic mass is 10.1. The molecular weight excluding hydrogens is 299 g/mol. The Bertz CT molecular complexity index is 645. The first kappa shape index (κ1) is 12.2. The molecule has 0 aliphatic heterocycles. The molecule has 0 aliphatic rings. The van der Waals surface area contributed by atoms with Gasteiger partial charge in [-0.2, -0.15) is 13.2 Å². The van der Waals surface area contributed by atoms with Crippen molar-refractivity contribution in [2.75, 3.05) is 0 Å². The van der Waals surface area contributed by atoms with E-state index in [-0.39, 0.29) is 10.8 Å². The van der Waals surface area contributed by atoms with Gasteiger partial charge >= 0.3 is 6.18 Å². The zero-order chi connectivity index (χ0) is 12.8. The maximum atomic E-state index is 12.8. The molecule has 0 unspecified atom stereocenters. The molecular formula is C11H7BrF3NO. The van der Waals surface area contributed by atoms with Crippen LogP contribution < -0.4 is 5.56 Å². The zero-order valence-corrected chi connectivity index (χ0v) is 10.3. The molecule has 1 heterocycles. The summed E-state index contributed by atoms with van der Waals surface area (Å²) in [4.78, 5) is 11.8. The average molecular weight is 306 g/mol. The molecule has 0 radical (unpaired) electrons. The van der Waals surface area contributed by atoms with Crippen LogP contribution in [0.1, 0.15) is 5.56 Å². The monoisotopic (exact) mass is 305 g/mol. The van der Waals surface area contributed by atoms with Crippen molar-refractivity contribution in [2.45, 2.75) is 6.18 Å². The van der Waals surface area contributed by atoms with E-state index in [1.807, 2.05) is 0 Å². The molecule has 0 spiro atoms. The molecule has 0 bridgehead atoms. The van der Waals surface area contributed by atoms with E-state index in [9.17, 15) is 18.0 Å². The van der Waals surface area contributed by atoms with E-state index in [4.69, 9.17) is 0 Å². The minimum Gasteiger partial charge on any atom is -0.318 e. The lowest BCUT2D eigenvalue weighted by Gasteiger charge is -2.11. The molecule has 0 saturated heterocycles. The number of hydrogen-bond acceptors (Lipinski definition) is 1. The Balaban J connectivity index is 3.01. The van der Waals surface area contributed by atoms with Gasteiger partial charge in [0.1, 0.15) is 0 Å². The number of hydrogen-bond donors (Lipinski definition) is 0. The Hall–Kier alpha value is -1.30. The number of benzene rings is 1. The van der Waals surface area contributed by atoms with Crippen LogP contribution in [-0.2, 0) is 13.2 Å². The Morgan fingerprint density at radius 3 is 2.53 bits per heavy atom. The first-order valence-electron chi connectivity index (χ1n) is 4.67. The van der Waals surface area contributed by atoms with E-state index in [1.54, 1.807) is 0 Å². The summed E-state index contributed by atoms with van der Waals surface area (Å²) in [5.41, 5.74) is -1.56. The van der Waals surface area contributed by atoms with Crippen molar-refractivity contribution >= 4 is 26.7 Å². The summed E-state index contributed by atoms with van der Waals surface area (Å²) in [5, 5.41) is -0.0273. The number of pyridine rings is 1. The van der Waals surface area contributed by atoms with Gasteiger partial charge in [0.2, 0.25) is 0 Å². The van der Waals surface area contributed by atoms with E-state index >= 15 is 0 Å². The standard InChI is InChI=1S/C11H7BrF3NO/c1-16-3-2-6-4-7(12)5-8(11(13,14)15)9(6)10(16)17/h2-5H,1H3.